The summed E-state index contributed by atoms with van der Waals surface area (Å²) < 4.78 is 2.67. The molecule has 2 nitrogen and oxygen atoms in total. The molecule has 0 saturated heterocycles. The summed E-state index contributed by atoms with van der Waals surface area (Å²) in [6, 6.07) is 0. The Balaban J connectivity index is 0.000000319. The molecule has 10 heteroatoms. The van der Waals surface area contributed by atoms with Gasteiger partial charge >= 0.3 is 35.6 Å². The van der Waals surface area contributed by atoms with E-state index in [1.165, 1.54) is 32.2 Å². The van der Waals surface area contributed by atoms with Crippen LogP contribution in [-0.4, -0.2) is 31.1 Å². The quantitative estimate of drug-likeness (QED) is 0.245. The second kappa shape index (κ2) is 15.2. The minimum atomic E-state index is -1.49. The van der Waals surface area contributed by atoms with Crippen molar-refractivity contribution in [3.8, 4) is 0 Å². The Kier molecular flexibility index (Phi) is 15.2. The van der Waals surface area contributed by atoms with Crippen molar-refractivity contribution in [2.45, 2.75) is 89.3 Å². The first-order chi connectivity index (χ1) is 16.1. The zero-order valence-corrected chi connectivity index (χ0v) is 31.9. The van der Waals surface area contributed by atoms with E-state index in [4.69, 9.17) is 23.9 Å². The molecule has 3 aliphatic rings. The summed E-state index contributed by atoms with van der Waals surface area (Å²) in [4.78, 5) is 5.40. The van der Waals surface area contributed by atoms with Crippen molar-refractivity contribution in [2.24, 2.45) is 11.8 Å². The molecule has 2 aliphatic carbocycles. The molecule has 4 rings (SSSR count). The number of thiophene rings is 1. The average molecular weight is 753 g/mol. The van der Waals surface area contributed by atoms with Crippen LogP contribution in [0.4, 0.5) is 0 Å². The van der Waals surface area contributed by atoms with E-state index in [1.54, 1.807) is 0 Å². The van der Waals surface area contributed by atoms with Crippen LogP contribution in [0.15, 0.2) is 25.8 Å². The predicted molar refractivity (Wildman–Crippen MR) is 175 cm³/mol. The average Bonchev–Trinajstić information content (AvgIpc) is 3.44. The van der Waals surface area contributed by atoms with Gasteiger partial charge in [-0.25, -0.2) is 0 Å². The van der Waals surface area contributed by atoms with Crippen LogP contribution >= 0.6 is 73.6 Å². The Bertz CT molecular complexity index is 897. The summed E-state index contributed by atoms with van der Waals surface area (Å²) in [5, 5.41) is 10.1. The maximum absolute atomic E-state index is 4.89. The van der Waals surface area contributed by atoms with E-state index in [-0.39, 0.29) is 18.5 Å². The third kappa shape index (κ3) is 10.7. The summed E-state index contributed by atoms with van der Waals surface area (Å²) in [5.74, 6) is 1.58. The van der Waals surface area contributed by atoms with Gasteiger partial charge < -0.3 is 17.7 Å². The molecular formula is C26H42Br2Cl2N2S2SiTi-2. The molecule has 206 valence electrons. The molecule has 0 bridgehead atoms. The molecule has 4 atom stereocenters. The van der Waals surface area contributed by atoms with Gasteiger partial charge in [-0.1, -0.05) is 68.4 Å². The van der Waals surface area contributed by atoms with Gasteiger partial charge in [-0.3, -0.25) is 0 Å². The van der Waals surface area contributed by atoms with Crippen molar-refractivity contribution in [3.05, 3.63) is 49.0 Å². The summed E-state index contributed by atoms with van der Waals surface area (Å²) in [6.45, 7) is 19.2. The third-order valence-electron chi connectivity index (χ3n) is 6.23. The number of fused-ring (bicyclic) bond motifs is 2. The third-order valence-corrected chi connectivity index (χ3v) is 14.4. The fourth-order valence-corrected chi connectivity index (χ4v) is 13.6. The van der Waals surface area contributed by atoms with Crippen molar-refractivity contribution in [2.75, 3.05) is 6.54 Å². The normalized spacial score (nSPS) is 24.5. The molecule has 1 aromatic rings. The van der Waals surface area contributed by atoms with E-state index in [0.29, 0.717) is 5.54 Å². The van der Waals surface area contributed by atoms with Crippen LogP contribution in [0, 0.1) is 19.3 Å². The molecule has 1 fully saturated rings. The molecule has 1 aromatic heterocycles. The number of hydrogen-bond acceptors (Lipinski definition) is 3. The van der Waals surface area contributed by atoms with E-state index in [0.717, 1.165) is 23.6 Å². The van der Waals surface area contributed by atoms with Crippen molar-refractivity contribution in [1.82, 2.24) is 4.98 Å². The van der Waals surface area contributed by atoms with Crippen LogP contribution in [0.2, 0.25) is 13.1 Å². The van der Waals surface area contributed by atoms with Gasteiger partial charge in [-0.2, -0.15) is 0 Å². The number of rotatable bonds is 4. The molecule has 0 spiro atoms. The molecule has 1 N–H and O–H groups in total. The van der Waals surface area contributed by atoms with E-state index >= 15 is 0 Å². The van der Waals surface area contributed by atoms with Gasteiger partial charge in [0.05, 0.1) is 0 Å². The van der Waals surface area contributed by atoms with Crippen molar-refractivity contribution in [3.63, 3.8) is 0 Å². The molecule has 0 radical (unpaired) electrons. The summed E-state index contributed by atoms with van der Waals surface area (Å²) in [7, 11) is 8.29. The van der Waals surface area contributed by atoms with E-state index in [2.05, 4.69) is 114 Å². The zero-order chi connectivity index (χ0) is 26.6. The van der Waals surface area contributed by atoms with E-state index in [9.17, 15) is 0 Å². The van der Waals surface area contributed by atoms with Crippen molar-refractivity contribution >= 4 is 87.9 Å². The maximum atomic E-state index is 4.89. The SMILES string of the molecule is CC(C)(C)N[Si](C)(C)C1C=Cc2c(Br)csc21.CC(C)(C)[N-]CC1CCC2C(Br)=CSC12.[CH3-].[Cl][Ti][Cl]. The second-order valence-electron chi connectivity index (χ2n) is 11.9. The predicted octanol–water partition coefficient (Wildman–Crippen LogP) is 11.1. The molecule has 36 heavy (non-hydrogen) atoms. The number of halogens is 4. The number of hydrogen-bond donors (Lipinski definition) is 1. The second-order valence-corrected chi connectivity index (χ2v) is 22.6. The first-order valence-electron chi connectivity index (χ1n) is 12.0. The van der Waals surface area contributed by atoms with Gasteiger partial charge in [0.2, 0.25) is 0 Å². The van der Waals surface area contributed by atoms with Gasteiger partial charge in [0, 0.05) is 47.0 Å². The van der Waals surface area contributed by atoms with Gasteiger partial charge in [0.1, 0.15) is 8.24 Å². The fraction of sp³-hybridized carbons (Fsp3) is 0.654. The molecule has 1 aliphatic heterocycles. The molecule has 4 unspecified atom stereocenters. The number of nitrogens with zero attached hydrogens (tertiary/aromatic N) is 1. The number of thioether (sulfide) groups is 1. The van der Waals surface area contributed by atoms with E-state index in [1.807, 2.05) is 23.1 Å². The van der Waals surface area contributed by atoms with Crippen LogP contribution in [0.5, 0.6) is 0 Å². The Labute approximate surface area is 264 Å². The van der Waals surface area contributed by atoms with Crippen LogP contribution in [0.3, 0.4) is 0 Å². The van der Waals surface area contributed by atoms with Gasteiger partial charge in [0.25, 0.3) is 0 Å². The van der Waals surface area contributed by atoms with E-state index < -0.39 is 25.3 Å². The minimum absolute atomic E-state index is 0. The van der Waals surface area contributed by atoms with Crippen molar-refractivity contribution < 1.29 is 17.0 Å². The first-order valence-corrected chi connectivity index (χ1v) is 22.8. The molecule has 2 heterocycles. The standard InChI is InChI=1S/C13H20BrNSSi.C12H19BrNS.CH3.2ClH.Ti/c1-13(2,3)15-17(4,5)11-7-6-9-10(14)8-16-12(9)11;1-12(2,3)14-6-8-4-5-9-10(13)7-15-11(8)9;;;;/h6-8,11,15H,1-5H3;7-9,11H,4-6H2,1-3H3;1H3;2*1H;/q;2*-1;;;+2/p-2. The van der Waals surface area contributed by atoms with Gasteiger partial charge in [-0.05, 0) is 54.4 Å². The summed E-state index contributed by atoms with van der Waals surface area (Å²) >= 11 is 10.6. The topological polar surface area (TPSA) is 26.1 Å². The van der Waals surface area contributed by atoms with Crippen LogP contribution in [-0.2, 0) is 17.0 Å². The summed E-state index contributed by atoms with van der Waals surface area (Å²) in [6.07, 6.45) is 7.36. The number of allylic oxidation sites excluding steroid dienone is 2. The Morgan fingerprint density at radius 1 is 1.14 bits per heavy atom. The molecule has 0 amide bonds. The van der Waals surface area contributed by atoms with Crippen LogP contribution < -0.4 is 4.98 Å². The van der Waals surface area contributed by atoms with Crippen LogP contribution in [0.25, 0.3) is 11.4 Å². The Morgan fingerprint density at radius 3 is 2.31 bits per heavy atom. The number of nitrogens with one attached hydrogen (secondary N) is 1. The first kappa shape index (κ1) is 35.9. The summed E-state index contributed by atoms with van der Waals surface area (Å²) in [5.41, 5.74) is 2.33. The van der Waals surface area contributed by atoms with Gasteiger partial charge in [-0.15, -0.1) is 35.2 Å². The Hall–Kier alpha value is 1.92. The van der Waals surface area contributed by atoms with Crippen LogP contribution in [0.1, 0.15) is 70.4 Å². The van der Waals surface area contributed by atoms with Crippen molar-refractivity contribution in [1.29, 1.82) is 0 Å². The molecule has 0 aromatic carbocycles. The van der Waals surface area contributed by atoms with Gasteiger partial charge in [0.15, 0.2) is 0 Å². The monoisotopic (exact) mass is 750 g/mol. The molecular weight excluding hydrogens is 711 g/mol. The molecule has 1 saturated carbocycles. The fourth-order valence-electron chi connectivity index (χ4n) is 5.02. The Morgan fingerprint density at radius 2 is 1.75 bits per heavy atom. The zero-order valence-electron chi connectivity index (χ0n) is 23.0.